The van der Waals surface area contributed by atoms with Crippen molar-refractivity contribution in [3.05, 3.63) is 176 Å². The molecular formula is C51H29N3O3. The monoisotopic (exact) mass is 731 g/mol. The van der Waals surface area contributed by atoms with Gasteiger partial charge in [-0.1, -0.05) is 127 Å². The number of para-hydroxylation sites is 3. The van der Waals surface area contributed by atoms with Crippen LogP contribution in [0.1, 0.15) is 0 Å². The normalized spacial score (nSPS) is 11.9. The second-order valence-electron chi connectivity index (χ2n) is 14.3. The first-order valence-corrected chi connectivity index (χ1v) is 18.9. The maximum atomic E-state index is 6.80. The van der Waals surface area contributed by atoms with Crippen molar-refractivity contribution in [3.8, 4) is 56.4 Å². The van der Waals surface area contributed by atoms with E-state index in [4.69, 9.17) is 28.2 Å². The standard InChI is InChI=1S/C51H29N3O3/c1-2-12-30(13-3-1)31-14-10-15-32(28-31)49-52-50(33-24-25-35-34-16-4-7-20-41(34)56-45(35)29-33)54-51(53-49)40-27-26-37(47-39-18-6-9-22-43(39)57-48(40)47)36-19-11-23-44-46(36)38-17-5-8-21-42(38)55-44/h1-29H. The lowest BCUT2D eigenvalue weighted by molar-refractivity contribution is 0.668. The van der Waals surface area contributed by atoms with Crippen molar-refractivity contribution in [1.29, 1.82) is 0 Å². The highest BCUT2D eigenvalue weighted by atomic mass is 16.3. The molecule has 0 atom stereocenters. The highest BCUT2D eigenvalue weighted by Gasteiger charge is 2.23. The third-order valence-electron chi connectivity index (χ3n) is 11.0. The van der Waals surface area contributed by atoms with Crippen molar-refractivity contribution >= 4 is 65.8 Å². The molecule has 0 radical (unpaired) electrons. The van der Waals surface area contributed by atoms with Crippen LogP contribution in [0.2, 0.25) is 0 Å². The van der Waals surface area contributed by atoms with Crippen molar-refractivity contribution in [3.63, 3.8) is 0 Å². The quantitative estimate of drug-likeness (QED) is 0.175. The van der Waals surface area contributed by atoms with E-state index in [0.29, 0.717) is 23.1 Å². The Morgan fingerprint density at radius 2 is 0.807 bits per heavy atom. The Bertz CT molecular complexity index is 3540. The van der Waals surface area contributed by atoms with Gasteiger partial charge in [-0.05, 0) is 70.8 Å². The van der Waals surface area contributed by atoms with E-state index >= 15 is 0 Å². The molecule has 0 saturated heterocycles. The van der Waals surface area contributed by atoms with Crippen LogP contribution < -0.4 is 0 Å². The van der Waals surface area contributed by atoms with Crippen molar-refractivity contribution in [2.75, 3.05) is 0 Å². The Morgan fingerprint density at radius 3 is 1.61 bits per heavy atom. The molecule has 0 N–H and O–H groups in total. The molecule has 0 spiro atoms. The fourth-order valence-electron chi connectivity index (χ4n) is 8.32. The smallest absolute Gasteiger partial charge is 0.167 e. The van der Waals surface area contributed by atoms with Gasteiger partial charge in [0.15, 0.2) is 17.5 Å². The summed E-state index contributed by atoms with van der Waals surface area (Å²) in [6.07, 6.45) is 0. The van der Waals surface area contributed by atoms with Crippen LogP contribution >= 0.6 is 0 Å². The lowest BCUT2D eigenvalue weighted by Crippen LogP contribution is -2.00. The minimum atomic E-state index is 0.507. The summed E-state index contributed by atoms with van der Waals surface area (Å²) in [4.78, 5) is 15.6. The molecule has 4 aromatic heterocycles. The summed E-state index contributed by atoms with van der Waals surface area (Å²) in [6.45, 7) is 0. The fourth-order valence-corrected chi connectivity index (χ4v) is 8.32. The van der Waals surface area contributed by atoms with Gasteiger partial charge in [0.1, 0.15) is 33.5 Å². The first-order chi connectivity index (χ1) is 28.2. The van der Waals surface area contributed by atoms with Gasteiger partial charge in [0.2, 0.25) is 0 Å². The van der Waals surface area contributed by atoms with Crippen molar-refractivity contribution < 1.29 is 13.3 Å². The summed E-state index contributed by atoms with van der Waals surface area (Å²) < 4.78 is 19.4. The number of nitrogens with zero attached hydrogens (tertiary/aromatic N) is 3. The highest BCUT2D eigenvalue weighted by molar-refractivity contribution is 6.21. The van der Waals surface area contributed by atoms with Gasteiger partial charge in [0, 0.05) is 43.4 Å². The van der Waals surface area contributed by atoms with E-state index < -0.39 is 0 Å². The van der Waals surface area contributed by atoms with Crippen LogP contribution in [-0.2, 0) is 0 Å². The molecule has 6 heteroatoms. The molecule has 0 fully saturated rings. The van der Waals surface area contributed by atoms with Crippen molar-refractivity contribution in [1.82, 2.24) is 15.0 Å². The molecule has 0 bridgehead atoms. The fraction of sp³-hybridized carbons (Fsp3) is 0. The summed E-state index contributed by atoms with van der Waals surface area (Å²) in [5.74, 6) is 1.60. The van der Waals surface area contributed by atoms with Crippen LogP contribution in [-0.4, -0.2) is 15.0 Å². The number of hydrogen-bond acceptors (Lipinski definition) is 6. The summed E-state index contributed by atoms with van der Waals surface area (Å²) in [5.41, 5.74) is 11.5. The number of furan rings is 3. The molecule has 8 aromatic carbocycles. The Labute approximate surface area is 325 Å². The molecule has 266 valence electrons. The molecular weight excluding hydrogens is 703 g/mol. The van der Waals surface area contributed by atoms with Gasteiger partial charge in [0.25, 0.3) is 0 Å². The number of hydrogen-bond donors (Lipinski definition) is 0. The van der Waals surface area contributed by atoms with E-state index in [9.17, 15) is 0 Å². The maximum Gasteiger partial charge on any atom is 0.167 e. The zero-order valence-electron chi connectivity index (χ0n) is 30.3. The third kappa shape index (κ3) is 5.01. The molecule has 12 aromatic rings. The van der Waals surface area contributed by atoms with E-state index in [1.165, 1.54) is 0 Å². The molecule has 6 nitrogen and oxygen atoms in total. The first-order valence-electron chi connectivity index (χ1n) is 18.9. The Kier molecular flexibility index (Phi) is 6.83. The summed E-state index contributed by atoms with van der Waals surface area (Å²) >= 11 is 0. The van der Waals surface area contributed by atoms with Crippen LogP contribution in [0.25, 0.3) is 122 Å². The van der Waals surface area contributed by atoms with Crippen LogP contribution in [0.3, 0.4) is 0 Å². The predicted octanol–water partition coefficient (Wildman–Crippen LogP) is 13.9. The van der Waals surface area contributed by atoms with Crippen molar-refractivity contribution in [2.24, 2.45) is 0 Å². The second-order valence-corrected chi connectivity index (χ2v) is 14.3. The molecule has 0 amide bonds. The van der Waals surface area contributed by atoms with Gasteiger partial charge in [-0.25, -0.2) is 15.0 Å². The zero-order valence-corrected chi connectivity index (χ0v) is 30.3. The topological polar surface area (TPSA) is 78.1 Å². The van der Waals surface area contributed by atoms with E-state index in [1.54, 1.807) is 0 Å². The lowest BCUT2D eigenvalue weighted by Gasteiger charge is -2.12. The number of fused-ring (bicyclic) bond motifs is 9. The van der Waals surface area contributed by atoms with E-state index in [1.807, 2.05) is 84.9 Å². The van der Waals surface area contributed by atoms with Crippen molar-refractivity contribution in [2.45, 2.75) is 0 Å². The molecule has 12 rings (SSSR count). The molecule has 0 saturated carbocycles. The Morgan fingerprint density at radius 1 is 0.281 bits per heavy atom. The summed E-state index contributed by atoms with van der Waals surface area (Å²) in [5, 5.41) is 6.24. The first kappa shape index (κ1) is 31.5. The lowest BCUT2D eigenvalue weighted by atomic mass is 9.94. The number of aromatic nitrogens is 3. The molecule has 0 aliphatic heterocycles. The van der Waals surface area contributed by atoms with Gasteiger partial charge < -0.3 is 13.3 Å². The van der Waals surface area contributed by atoms with Gasteiger partial charge >= 0.3 is 0 Å². The average molecular weight is 732 g/mol. The van der Waals surface area contributed by atoms with Crippen LogP contribution in [0, 0.1) is 0 Å². The molecule has 0 unspecified atom stereocenters. The van der Waals surface area contributed by atoms with Crippen LogP contribution in [0.15, 0.2) is 189 Å². The van der Waals surface area contributed by atoms with Gasteiger partial charge in [-0.2, -0.15) is 0 Å². The predicted molar refractivity (Wildman–Crippen MR) is 229 cm³/mol. The minimum Gasteiger partial charge on any atom is -0.456 e. The van der Waals surface area contributed by atoms with Gasteiger partial charge in [-0.3, -0.25) is 0 Å². The Hall–Kier alpha value is -7.83. The van der Waals surface area contributed by atoms with Gasteiger partial charge in [0.05, 0.1) is 5.56 Å². The second kappa shape index (κ2) is 12.3. The van der Waals surface area contributed by atoms with Crippen LogP contribution in [0.4, 0.5) is 0 Å². The van der Waals surface area contributed by atoms with E-state index in [0.717, 1.165) is 99.2 Å². The van der Waals surface area contributed by atoms with E-state index in [2.05, 4.69) is 91.0 Å². The SMILES string of the molecule is c1ccc(-c2cccc(-c3nc(-c4ccc5c(c4)oc4ccccc45)nc(-c4ccc(-c5cccc6oc7ccccc7c56)c5c4oc4ccccc45)n3)c2)cc1. The van der Waals surface area contributed by atoms with E-state index in [-0.39, 0.29) is 0 Å². The van der Waals surface area contributed by atoms with Gasteiger partial charge in [-0.15, -0.1) is 0 Å². The zero-order chi connectivity index (χ0) is 37.5. The Balaban J connectivity index is 1.11. The molecule has 0 aliphatic carbocycles. The molecule has 0 aliphatic rings. The number of benzene rings is 8. The maximum absolute atomic E-state index is 6.80. The highest BCUT2D eigenvalue weighted by Crippen LogP contribution is 2.45. The summed E-state index contributed by atoms with van der Waals surface area (Å²) in [6, 6.07) is 59.8. The largest absolute Gasteiger partial charge is 0.456 e. The molecule has 4 heterocycles. The third-order valence-corrected chi connectivity index (χ3v) is 11.0. The number of rotatable bonds is 5. The summed E-state index contributed by atoms with van der Waals surface area (Å²) in [7, 11) is 0. The van der Waals surface area contributed by atoms with Crippen LogP contribution in [0.5, 0.6) is 0 Å². The molecule has 57 heavy (non-hydrogen) atoms. The minimum absolute atomic E-state index is 0.507. The average Bonchev–Trinajstić information content (AvgIpc) is 3.98.